The first-order valence-electron chi connectivity index (χ1n) is 6.70. The molecule has 1 aliphatic heterocycles. The minimum atomic E-state index is -0.505. The lowest BCUT2D eigenvalue weighted by Gasteiger charge is -2.37. The Morgan fingerprint density at radius 2 is 2.35 bits per heavy atom. The van der Waals surface area contributed by atoms with Gasteiger partial charge in [-0.15, -0.1) is 0 Å². The van der Waals surface area contributed by atoms with Crippen LogP contribution in [0.1, 0.15) is 18.9 Å². The average Bonchev–Trinajstić information content (AvgIpc) is 2.47. The van der Waals surface area contributed by atoms with E-state index in [1.807, 2.05) is 6.07 Å². The zero-order valence-electron chi connectivity index (χ0n) is 11.5. The minimum Gasteiger partial charge on any atom is -0.371 e. The fraction of sp³-hybridized carbons (Fsp3) is 0.500. The maximum Gasteiger partial charge on any atom is 0.289 e. The van der Waals surface area contributed by atoms with Crippen molar-refractivity contribution in [3.8, 4) is 6.07 Å². The molecule has 2 N–H and O–H groups in total. The van der Waals surface area contributed by atoms with Crippen molar-refractivity contribution in [2.75, 3.05) is 24.5 Å². The van der Waals surface area contributed by atoms with Crippen LogP contribution >= 0.6 is 0 Å². The van der Waals surface area contributed by atoms with Gasteiger partial charge in [0.2, 0.25) is 0 Å². The molecule has 1 heterocycles. The molecule has 0 bridgehead atoms. The number of nitro groups is 1. The molecule has 6 nitrogen and oxygen atoms in total. The van der Waals surface area contributed by atoms with Gasteiger partial charge in [0.05, 0.1) is 4.92 Å². The number of anilines is 1. The summed E-state index contributed by atoms with van der Waals surface area (Å²) in [6, 6.07) is 6.63. The normalized spacial score (nSPS) is 22.4. The van der Waals surface area contributed by atoms with Gasteiger partial charge < -0.3 is 10.6 Å². The Labute approximate surface area is 117 Å². The molecule has 0 radical (unpaired) electrons. The Bertz CT molecular complexity index is 553. The van der Waals surface area contributed by atoms with E-state index in [0.29, 0.717) is 18.4 Å². The Balaban J connectivity index is 2.28. The lowest BCUT2D eigenvalue weighted by atomic mass is 9.87. The van der Waals surface area contributed by atoms with E-state index in [1.54, 1.807) is 6.07 Å². The summed E-state index contributed by atoms with van der Waals surface area (Å²) in [6.45, 7) is 4.48. The largest absolute Gasteiger partial charge is 0.371 e. The third-order valence-corrected chi connectivity index (χ3v) is 4.08. The fourth-order valence-electron chi connectivity index (χ4n) is 2.65. The standard InChI is InChI=1S/C14H18N4O2/c1-10-4-5-17(9-12(10)8-16)13-3-2-11(7-15)14(6-13)18(19)20/h2-3,6,10,12H,4-5,8-9,16H2,1H3. The van der Waals surface area contributed by atoms with Crippen molar-refractivity contribution in [1.82, 2.24) is 0 Å². The monoisotopic (exact) mass is 274 g/mol. The number of benzene rings is 1. The summed E-state index contributed by atoms with van der Waals surface area (Å²) < 4.78 is 0. The van der Waals surface area contributed by atoms with Crippen molar-refractivity contribution in [3.05, 3.63) is 33.9 Å². The number of hydrogen-bond acceptors (Lipinski definition) is 5. The second kappa shape index (κ2) is 5.88. The molecule has 1 saturated heterocycles. The van der Waals surface area contributed by atoms with E-state index >= 15 is 0 Å². The molecule has 0 spiro atoms. The van der Waals surface area contributed by atoms with E-state index in [1.165, 1.54) is 12.1 Å². The molecule has 0 aromatic heterocycles. The van der Waals surface area contributed by atoms with Crippen molar-refractivity contribution in [1.29, 1.82) is 5.26 Å². The van der Waals surface area contributed by atoms with Crippen molar-refractivity contribution >= 4 is 11.4 Å². The lowest BCUT2D eigenvalue weighted by molar-refractivity contribution is -0.385. The number of nitriles is 1. The van der Waals surface area contributed by atoms with Crippen LogP contribution in [0.15, 0.2) is 18.2 Å². The van der Waals surface area contributed by atoms with Gasteiger partial charge >= 0.3 is 0 Å². The van der Waals surface area contributed by atoms with Gasteiger partial charge in [-0.05, 0) is 36.9 Å². The van der Waals surface area contributed by atoms with Crippen LogP contribution in [0.3, 0.4) is 0 Å². The van der Waals surface area contributed by atoms with E-state index in [9.17, 15) is 10.1 Å². The van der Waals surface area contributed by atoms with Crippen LogP contribution in [-0.2, 0) is 0 Å². The van der Waals surface area contributed by atoms with Gasteiger partial charge in [-0.3, -0.25) is 10.1 Å². The molecule has 1 aromatic rings. The molecule has 2 atom stereocenters. The molecule has 0 aliphatic carbocycles. The zero-order valence-corrected chi connectivity index (χ0v) is 11.5. The van der Waals surface area contributed by atoms with Crippen LogP contribution in [0.25, 0.3) is 0 Å². The van der Waals surface area contributed by atoms with Gasteiger partial charge in [0.1, 0.15) is 11.6 Å². The number of hydrogen-bond donors (Lipinski definition) is 1. The van der Waals surface area contributed by atoms with Crippen LogP contribution < -0.4 is 10.6 Å². The van der Waals surface area contributed by atoms with Crippen LogP contribution in [0.5, 0.6) is 0 Å². The number of piperidine rings is 1. The highest BCUT2D eigenvalue weighted by molar-refractivity contribution is 5.60. The molecule has 2 rings (SSSR count). The van der Waals surface area contributed by atoms with Crippen LogP contribution in [0.4, 0.5) is 11.4 Å². The predicted molar refractivity (Wildman–Crippen MR) is 76.3 cm³/mol. The van der Waals surface area contributed by atoms with Gasteiger partial charge in [-0.1, -0.05) is 6.92 Å². The number of nitro benzene ring substituents is 1. The van der Waals surface area contributed by atoms with E-state index in [2.05, 4.69) is 11.8 Å². The van der Waals surface area contributed by atoms with Gasteiger partial charge in [0, 0.05) is 24.8 Å². The molecule has 20 heavy (non-hydrogen) atoms. The van der Waals surface area contributed by atoms with Crippen molar-refractivity contribution in [3.63, 3.8) is 0 Å². The van der Waals surface area contributed by atoms with Crippen molar-refractivity contribution < 1.29 is 4.92 Å². The molecule has 1 aromatic carbocycles. The highest BCUT2D eigenvalue weighted by Gasteiger charge is 2.26. The van der Waals surface area contributed by atoms with Gasteiger partial charge in [-0.2, -0.15) is 5.26 Å². The Hall–Kier alpha value is -2.13. The summed E-state index contributed by atoms with van der Waals surface area (Å²) >= 11 is 0. The van der Waals surface area contributed by atoms with Crippen LogP contribution in [-0.4, -0.2) is 24.6 Å². The predicted octanol–water partition coefficient (Wildman–Crippen LogP) is 1.89. The Morgan fingerprint density at radius 1 is 1.60 bits per heavy atom. The van der Waals surface area contributed by atoms with E-state index in [4.69, 9.17) is 11.0 Å². The highest BCUT2D eigenvalue weighted by Crippen LogP contribution is 2.30. The number of nitrogens with zero attached hydrogens (tertiary/aromatic N) is 3. The molecule has 0 amide bonds. The molecular weight excluding hydrogens is 256 g/mol. The SMILES string of the molecule is CC1CCN(c2ccc(C#N)c([N+](=O)[O-])c2)CC1CN. The second-order valence-electron chi connectivity index (χ2n) is 5.28. The van der Waals surface area contributed by atoms with E-state index < -0.39 is 4.92 Å². The van der Waals surface area contributed by atoms with Crippen LogP contribution in [0, 0.1) is 33.3 Å². The summed E-state index contributed by atoms with van der Waals surface area (Å²) in [4.78, 5) is 12.6. The van der Waals surface area contributed by atoms with Gasteiger partial charge in [0.15, 0.2) is 0 Å². The Morgan fingerprint density at radius 3 is 2.95 bits per heavy atom. The van der Waals surface area contributed by atoms with E-state index in [-0.39, 0.29) is 11.3 Å². The zero-order chi connectivity index (χ0) is 14.7. The number of nitrogens with two attached hydrogens (primary N) is 1. The third kappa shape index (κ3) is 2.73. The first-order valence-corrected chi connectivity index (χ1v) is 6.70. The van der Waals surface area contributed by atoms with Crippen molar-refractivity contribution in [2.45, 2.75) is 13.3 Å². The molecule has 1 aliphatic rings. The maximum absolute atomic E-state index is 11.0. The smallest absolute Gasteiger partial charge is 0.289 e. The molecule has 6 heteroatoms. The maximum atomic E-state index is 11.0. The second-order valence-corrected chi connectivity index (χ2v) is 5.28. The molecule has 2 unspecified atom stereocenters. The summed E-state index contributed by atoms with van der Waals surface area (Å²) in [6.07, 6.45) is 1.02. The van der Waals surface area contributed by atoms with Gasteiger partial charge in [0.25, 0.3) is 5.69 Å². The first-order chi connectivity index (χ1) is 9.56. The first kappa shape index (κ1) is 14.3. The summed E-state index contributed by atoms with van der Waals surface area (Å²) in [7, 11) is 0. The molecule has 106 valence electrons. The van der Waals surface area contributed by atoms with Gasteiger partial charge in [-0.25, -0.2) is 0 Å². The minimum absolute atomic E-state index is 0.0968. The summed E-state index contributed by atoms with van der Waals surface area (Å²) in [5.41, 5.74) is 6.54. The fourth-order valence-corrected chi connectivity index (χ4v) is 2.65. The molecule has 0 saturated carbocycles. The Kier molecular flexibility index (Phi) is 4.20. The molecule has 1 fully saturated rings. The summed E-state index contributed by atoms with van der Waals surface area (Å²) in [5.74, 6) is 0.975. The van der Waals surface area contributed by atoms with E-state index in [0.717, 1.165) is 25.2 Å². The lowest BCUT2D eigenvalue weighted by Crippen LogP contribution is -2.42. The molecular formula is C14H18N4O2. The average molecular weight is 274 g/mol. The van der Waals surface area contributed by atoms with Crippen molar-refractivity contribution in [2.24, 2.45) is 17.6 Å². The highest BCUT2D eigenvalue weighted by atomic mass is 16.6. The topological polar surface area (TPSA) is 96.2 Å². The van der Waals surface area contributed by atoms with Crippen LogP contribution in [0.2, 0.25) is 0 Å². The third-order valence-electron chi connectivity index (χ3n) is 4.08. The summed E-state index contributed by atoms with van der Waals surface area (Å²) in [5, 5.41) is 19.9. The number of rotatable bonds is 3. The quantitative estimate of drug-likeness (QED) is 0.670.